The van der Waals surface area contributed by atoms with Gasteiger partial charge in [0.15, 0.2) is 0 Å². The zero-order valence-electron chi connectivity index (χ0n) is 8.82. The van der Waals surface area contributed by atoms with Crippen molar-refractivity contribution in [3.63, 3.8) is 0 Å². The first-order valence-electron chi connectivity index (χ1n) is 4.69. The van der Waals surface area contributed by atoms with Gasteiger partial charge in [0, 0.05) is 34.9 Å². The average Bonchev–Trinajstić information content (AvgIpc) is 2.66. The molecule has 0 spiro atoms. The summed E-state index contributed by atoms with van der Waals surface area (Å²) in [5.41, 5.74) is 1.31. The second-order valence-electron chi connectivity index (χ2n) is 3.50. The maximum atomic E-state index is 11.1. The Kier molecular flexibility index (Phi) is 4.78. The molecule has 4 heteroatoms. The highest BCUT2D eigenvalue weighted by Crippen LogP contribution is 2.15. The highest BCUT2D eigenvalue weighted by atomic mass is 32.2. The summed E-state index contributed by atoms with van der Waals surface area (Å²) in [6, 6.07) is 2.47. The third-order valence-corrected chi connectivity index (χ3v) is 4.32. The summed E-state index contributed by atoms with van der Waals surface area (Å²) in [6.45, 7) is 4.94. The smallest absolute Gasteiger partial charge is 0.0441 e. The molecule has 0 aromatic carbocycles. The Hall–Kier alpha value is -0.190. The molecule has 14 heavy (non-hydrogen) atoms. The van der Waals surface area contributed by atoms with Crippen molar-refractivity contribution >= 4 is 22.1 Å². The van der Waals surface area contributed by atoms with E-state index in [0.717, 1.165) is 6.54 Å². The van der Waals surface area contributed by atoms with E-state index in [1.54, 1.807) is 17.6 Å². The van der Waals surface area contributed by atoms with Gasteiger partial charge >= 0.3 is 0 Å². The van der Waals surface area contributed by atoms with Gasteiger partial charge in [-0.3, -0.25) is 4.21 Å². The maximum absolute atomic E-state index is 11.1. The summed E-state index contributed by atoms with van der Waals surface area (Å²) in [5.74, 6) is 0. The van der Waals surface area contributed by atoms with E-state index in [0.29, 0.717) is 6.04 Å². The minimum atomic E-state index is -0.733. The van der Waals surface area contributed by atoms with Crippen LogP contribution >= 0.6 is 11.3 Å². The van der Waals surface area contributed by atoms with E-state index >= 15 is 0 Å². The summed E-state index contributed by atoms with van der Waals surface area (Å²) in [4.78, 5) is 0. The van der Waals surface area contributed by atoms with Gasteiger partial charge in [-0.1, -0.05) is 0 Å². The van der Waals surface area contributed by atoms with E-state index in [1.165, 1.54) is 5.56 Å². The van der Waals surface area contributed by atoms with Crippen LogP contribution in [0.2, 0.25) is 0 Å². The molecule has 1 aromatic rings. The van der Waals surface area contributed by atoms with Crippen molar-refractivity contribution in [3.8, 4) is 0 Å². The Labute approximate surface area is 92.2 Å². The van der Waals surface area contributed by atoms with E-state index in [2.05, 4.69) is 29.1 Å². The predicted octanol–water partition coefficient (Wildman–Crippen LogP) is 2.17. The second kappa shape index (κ2) is 5.63. The lowest BCUT2D eigenvalue weighted by Crippen LogP contribution is -2.29. The SMILES string of the molecule is C[C@H](NC[C@@H](C)[S@](C)=O)c1ccsc1. The molecule has 0 saturated carbocycles. The Morgan fingerprint density at radius 2 is 2.29 bits per heavy atom. The molecule has 1 N–H and O–H groups in total. The van der Waals surface area contributed by atoms with Gasteiger partial charge in [0.25, 0.3) is 0 Å². The van der Waals surface area contributed by atoms with Crippen molar-refractivity contribution in [1.29, 1.82) is 0 Å². The van der Waals surface area contributed by atoms with Crippen molar-refractivity contribution in [2.45, 2.75) is 25.1 Å². The number of thiophene rings is 1. The second-order valence-corrected chi connectivity index (χ2v) is 6.08. The van der Waals surface area contributed by atoms with Gasteiger partial charge < -0.3 is 5.32 Å². The molecule has 80 valence electrons. The van der Waals surface area contributed by atoms with Crippen LogP contribution in [0.3, 0.4) is 0 Å². The molecule has 0 saturated heterocycles. The monoisotopic (exact) mass is 231 g/mol. The topological polar surface area (TPSA) is 29.1 Å². The Bertz CT molecular complexity index is 284. The fourth-order valence-electron chi connectivity index (χ4n) is 1.10. The predicted molar refractivity (Wildman–Crippen MR) is 64.3 cm³/mol. The van der Waals surface area contributed by atoms with E-state index in [-0.39, 0.29) is 5.25 Å². The van der Waals surface area contributed by atoms with Crippen LogP contribution in [-0.2, 0) is 10.8 Å². The van der Waals surface area contributed by atoms with Crippen LogP contribution in [0.4, 0.5) is 0 Å². The van der Waals surface area contributed by atoms with E-state index in [1.807, 2.05) is 6.92 Å². The van der Waals surface area contributed by atoms with Crippen LogP contribution in [0.25, 0.3) is 0 Å². The number of rotatable bonds is 5. The summed E-state index contributed by atoms with van der Waals surface area (Å²) in [7, 11) is -0.733. The van der Waals surface area contributed by atoms with Gasteiger partial charge in [-0.2, -0.15) is 11.3 Å². The van der Waals surface area contributed by atoms with Gasteiger partial charge in [-0.05, 0) is 36.2 Å². The molecule has 2 nitrogen and oxygen atoms in total. The molecular weight excluding hydrogens is 214 g/mol. The molecule has 1 aromatic heterocycles. The summed E-state index contributed by atoms with van der Waals surface area (Å²) in [5, 5.41) is 7.82. The summed E-state index contributed by atoms with van der Waals surface area (Å²) >= 11 is 1.71. The van der Waals surface area contributed by atoms with Crippen molar-refractivity contribution in [2.75, 3.05) is 12.8 Å². The average molecular weight is 231 g/mol. The van der Waals surface area contributed by atoms with Gasteiger partial charge in [0.1, 0.15) is 0 Å². The van der Waals surface area contributed by atoms with Crippen molar-refractivity contribution in [3.05, 3.63) is 22.4 Å². The molecule has 1 heterocycles. The molecule has 0 fully saturated rings. The van der Waals surface area contributed by atoms with Crippen LogP contribution in [0.15, 0.2) is 16.8 Å². The van der Waals surface area contributed by atoms with Crippen molar-refractivity contribution in [2.24, 2.45) is 0 Å². The molecule has 0 unspecified atom stereocenters. The first kappa shape index (κ1) is 11.9. The van der Waals surface area contributed by atoms with E-state index in [4.69, 9.17) is 0 Å². The highest BCUT2D eigenvalue weighted by molar-refractivity contribution is 7.84. The first-order chi connectivity index (χ1) is 6.61. The lowest BCUT2D eigenvalue weighted by Gasteiger charge is -2.15. The fraction of sp³-hybridized carbons (Fsp3) is 0.600. The minimum absolute atomic E-state index is 0.219. The molecule has 1 rings (SSSR count). The number of nitrogens with one attached hydrogen (secondary N) is 1. The van der Waals surface area contributed by atoms with Crippen LogP contribution in [0, 0.1) is 0 Å². The third-order valence-electron chi connectivity index (χ3n) is 2.32. The molecule has 0 amide bonds. The van der Waals surface area contributed by atoms with Crippen LogP contribution < -0.4 is 5.32 Å². The molecule has 0 radical (unpaired) electrons. The molecule has 0 bridgehead atoms. The van der Waals surface area contributed by atoms with E-state index < -0.39 is 10.8 Å². The Morgan fingerprint density at radius 3 is 2.79 bits per heavy atom. The normalized spacial score (nSPS) is 17.6. The lowest BCUT2D eigenvalue weighted by atomic mass is 10.2. The largest absolute Gasteiger partial charge is 0.309 e. The number of hydrogen-bond acceptors (Lipinski definition) is 3. The number of hydrogen-bond donors (Lipinski definition) is 1. The molecule has 0 aliphatic heterocycles. The zero-order chi connectivity index (χ0) is 10.6. The molecule has 3 atom stereocenters. The quantitative estimate of drug-likeness (QED) is 0.841. The first-order valence-corrected chi connectivity index (χ1v) is 7.25. The summed E-state index contributed by atoms with van der Waals surface area (Å²) in [6.07, 6.45) is 1.75. The van der Waals surface area contributed by atoms with Crippen LogP contribution in [0.5, 0.6) is 0 Å². The fourth-order valence-corrected chi connectivity index (χ4v) is 2.18. The lowest BCUT2D eigenvalue weighted by molar-refractivity contribution is 0.570. The molecular formula is C10H17NOS2. The van der Waals surface area contributed by atoms with Crippen molar-refractivity contribution < 1.29 is 4.21 Å². The van der Waals surface area contributed by atoms with Crippen molar-refractivity contribution in [1.82, 2.24) is 5.32 Å². The van der Waals surface area contributed by atoms with Gasteiger partial charge in [-0.25, -0.2) is 0 Å². The highest BCUT2D eigenvalue weighted by Gasteiger charge is 2.09. The van der Waals surface area contributed by atoms with E-state index in [9.17, 15) is 4.21 Å². The zero-order valence-corrected chi connectivity index (χ0v) is 10.5. The molecule has 0 aliphatic carbocycles. The Balaban J connectivity index is 2.35. The van der Waals surface area contributed by atoms with Gasteiger partial charge in [0.05, 0.1) is 0 Å². The summed E-state index contributed by atoms with van der Waals surface area (Å²) < 4.78 is 11.1. The van der Waals surface area contributed by atoms with Gasteiger partial charge in [-0.15, -0.1) is 0 Å². The maximum Gasteiger partial charge on any atom is 0.0441 e. The third kappa shape index (κ3) is 3.52. The molecule has 0 aliphatic rings. The van der Waals surface area contributed by atoms with Crippen LogP contribution in [-0.4, -0.2) is 22.3 Å². The minimum Gasteiger partial charge on any atom is -0.309 e. The Morgan fingerprint density at radius 1 is 1.57 bits per heavy atom. The van der Waals surface area contributed by atoms with Gasteiger partial charge in [0.2, 0.25) is 0 Å². The standard InChI is InChI=1S/C10H17NOS2/c1-8(14(3)12)6-11-9(2)10-4-5-13-7-10/h4-5,7-9,11H,6H2,1-3H3/t8-,9+,14+/m1/s1. The van der Waals surface area contributed by atoms with Crippen LogP contribution in [0.1, 0.15) is 25.5 Å².